The van der Waals surface area contributed by atoms with Gasteiger partial charge in [-0.25, -0.2) is 4.79 Å². The maximum Gasteiger partial charge on any atom is 0.420 e. The largest absolute Gasteiger partial charge is 0.478 e. The van der Waals surface area contributed by atoms with E-state index in [1.807, 2.05) is 0 Å². The van der Waals surface area contributed by atoms with E-state index < -0.39 is 39.1 Å². The molecular weight excluding hydrogens is 427 g/mol. The van der Waals surface area contributed by atoms with Gasteiger partial charge >= 0.3 is 22.3 Å². The lowest BCUT2D eigenvalue weighted by molar-refractivity contribution is -0.138. The van der Waals surface area contributed by atoms with Crippen LogP contribution in [0, 0.1) is 0 Å². The molecule has 0 aliphatic carbocycles. The Balaban J connectivity index is 1.85. The molecule has 1 aromatic heterocycles. The van der Waals surface area contributed by atoms with Crippen LogP contribution in [-0.4, -0.2) is 24.5 Å². The molecule has 0 atom stereocenters. The van der Waals surface area contributed by atoms with Crippen molar-refractivity contribution in [2.75, 3.05) is 0 Å². The number of pyridine rings is 1. The van der Waals surface area contributed by atoms with Crippen LogP contribution >= 0.6 is 0 Å². The fourth-order valence-electron chi connectivity index (χ4n) is 2.35. The van der Waals surface area contributed by atoms with E-state index in [4.69, 9.17) is 14.0 Å². The highest BCUT2D eigenvalue weighted by molar-refractivity contribution is 7.87. The van der Waals surface area contributed by atoms with Crippen molar-refractivity contribution < 1.29 is 40.4 Å². The Morgan fingerprint density at radius 3 is 2.27 bits per heavy atom. The molecule has 0 saturated carbocycles. The van der Waals surface area contributed by atoms with Crippen molar-refractivity contribution in [1.29, 1.82) is 0 Å². The number of hydrogen-bond acceptors (Lipinski definition) is 6. The number of benzene rings is 2. The SMILES string of the molecule is O=C(O)c1ccc(Oc2ccc(S(=O)(=O)Oc3cccnc3)cc2)c(C(F)(F)F)c1. The highest BCUT2D eigenvalue weighted by atomic mass is 32.2. The van der Waals surface area contributed by atoms with Gasteiger partial charge in [0.25, 0.3) is 0 Å². The first-order valence-corrected chi connectivity index (χ1v) is 9.54. The zero-order chi connectivity index (χ0) is 21.9. The topological polar surface area (TPSA) is 103 Å². The predicted octanol–water partition coefficient (Wildman–Crippen LogP) is 4.36. The van der Waals surface area contributed by atoms with E-state index in [2.05, 4.69) is 4.98 Å². The highest BCUT2D eigenvalue weighted by Crippen LogP contribution is 2.39. The highest BCUT2D eigenvalue weighted by Gasteiger charge is 2.35. The van der Waals surface area contributed by atoms with Gasteiger partial charge in [0.1, 0.15) is 16.4 Å². The maximum atomic E-state index is 13.2. The fourth-order valence-corrected chi connectivity index (χ4v) is 3.26. The van der Waals surface area contributed by atoms with Crippen LogP contribution in [0.3, 0.4) is 0 Å². The number of ether oxygens (including phenoxy) is 1. The normalized spacial score (nSPS) is 11.7. The summed E-state index contributed by atoms with van der Waals surface area (Å²) in [6, 6.07) is 9.65. The van der Waals surface area contributed by atoms with Gasteiger partial charge in [-0.05, 0) is 54.6 Å². The summed E-state index contributed by atoms with van der Waals surface area (Å²) in [5.74, 6) is -2.25. The Morgan fingerprint density at radius 2 is 1.70 bits per heavy atom. The van der Waals surface area contributed by atoms with Gasteiger partial charge in [-0.1, -0.05) is 0 Å². The number of halogens is 3. The van der Waals surface area contributed by atoms with E-state index in [0.29, 0.717) is 6.07 Å². The second-order valence-corrected chi connectivity index (χ2v) is 7.36. The molecule has 2 aromatic carbocycles. The lowest BCUT2D eigenvalue weighted by atomic mass is 10.1. The second-order valence-electron chi connectivity index (χ2n) is 5.81. The molecule has 1 N–H and O–H groups in total. The Morgan fingerprint density at radius 1 is 1.00 bits per heavy atom. The van der Waals surface area contributed by atoms with Crippen LogP contribution < -0.4 is 8.92 Å². The van der Waals surface area contributed by atoms with E-state index in [-0.39, 0.29) is 16.4 Å². The van der Waals surface area contributed by atoms with Crippen molar-refractivity contribution in [3.63, 3.8) is 0 Å². The Kier molecular flexibility index (Phi) is 5.65. The van der Waals surface area contributed by atoms with Gasteiger partial charge in [0.15, 0.2) is 5.75 Å². The summed E-state index contributed by atoms with van der Waals surface area (Å²) in [4.78, 5) is 14.4. The van der Waals surface area contributed by atoms with Crippen molar-refractivity contribution in [2.45, 2.75) is 11.1 Å². The summed E-state index contributed by atoms with van der Waals surface area (Å²) in [7, 11) is -4.19. The van der Waals surface area contributed by atoms with Crippen molar-refractivity contribution in [3.8, 4) is 17.2 Å². The zero-order valence-corrected chi connectivity index (χ0v) is 15.6. The molecule has 3 aromatic rings. The molecular formula is C19H12F3NO6S. The molecule has 7 nitrogen and oxygen atoms in total. The number of carboxylic acid groups (broad SMARTS) is 1. The summed E-state index contributed by atoms with van der Waals surface area (Å²) in [6.07, 6.45) is -2.22. The first-order valence-electron chi connectivity index (χ1n) is 8.13. The van der Waals surface area contributed by atoms with Crippen molar-refractivity contribution in [1.82, 2.24) is 4.98 Å². The number of aromatic nitrogens is 1. The quantitative estimate of drug-likeness (QED) is 0.570. The smallest absolute Gasteiger partial charge is 0.420 e. The third kappa shape index (κ3) is 4.87. The number of nitrogens with zero attached hydrogens (tertiary/aromatic N) is 1. The van der Waals surface area contributed by atoms with Crippen LogP contribution in [0.1, 0.15) is 15.9 Å². The molecule has 1 heterocycles. The van der Waals surface area contributed by atoms with Gasteiger partial charge in [0, 0.05) is 6.20 Å². The minimum Gasteiger partial charge on any atom is -0.478 e. The number of rotatable bonds is 6. The van der Waals surface area contributed by atoms with Crippen LogP contribution in [0.25, 0.3) is 0 Å². The minimum absolute atomic E-state index is 0.00818. The van der Waals surface area contributed by atoms with Gasteiger partial charge in [0.2, 0.25) is 0 Å². The molecule has 0 spiro atoms. The minimum atomic E-state index is -4.86. The summed E-state index contributed by atoms with van der Waals surface area (Å²) >= 11 is 0. The molecule has 0 amide bonds. The molecule has 0 aliphatic heterocycles. The number of hydrogen-bond donors (Lipinski definition) is 1. The Bertz CT molecular complexity index is 1160. The number of alkyl halides is 3. The molecule has 0 fully saturated rings. The first-order chi connectivity index (χ1) is 14.1. The summed E-state index contributed by atoms with van der Waals surface area (Å²) in [5, 5.41) is 8.89. The van der Waals surface area contributed by atoms with Crippen molar-refractivity contribution >= 4 is 16.1 Å². The molecule has 11 heteroatoms. The number of aromatic carboxylic acids is 1. The van der Waals surface area contributed by atoms with Crippen LogP contribution in [-0.2, 0) is 16.3 Å². The molecule has 30 heavy (non-hydrogen) atoms. The van der Waals surface area contributed by atoms with E-state index in [9.17, 15) is 26.4 Å². The van der Waals surface area contributed by atoms with E-state index >= 15 is 0 Å². The van der Waals surface area contributed by atoms with Crippen LogP contribution in [0.2, 0.25) is 0 Å². The average molecular weight is 439 g/mol. The third-order valence-corrected chi connectivity index (χ3v) is 4.97. The molecule has 0 bridgehead atoms. The van der Waals surface area contributed by atoms with Gasteiger partial charge in [-0.15, -0.1) is 0 Å². The molecule has 3 rings (SSSR count). The second kappa shape index (κ2) is 8.03. The summed E-state index contributed by atoms with van der Waals surface area (Å²) < 4.78 is 74.4. The molecule has 0 unspecified atom stereocenters. The van der Waals surface area contributed by atoms with Crippen molar-refractivity contribution in [3.05, 3.63) is 78.1 Å². The maximum absolute atomic E-state index is 13.2. The lowest BCUT2D eigenvalue weighted by Crippen LogP contribution is -2.10. The summed E-state index contributed by atoms with van der Waals surface area (Å²) in [6.45, 7) is 0. The van der Waals surface area contributed by atoms with Gasteiger partial charge in [-0.3, -0.25) is 4.98 Å². The van der Waals surface area contributed by atoms with E-state index in [1.54, 1.807) is 0 Å². The molecule has 0 saturated heterocycles. The first kappa shape index (κ1) is 21.1. The van der Waals surface area contributed by atoms with Gasteiger partial charge in [-0.2, -0.15) is 21.6 Å². The number of carboxylic acids is 1. The standard InChI is InChI=1S/C19H12F3NO6S/c20-19(21,22)16-10-12(18(24)25)3-8-17(16)28-13-4-6-15(7-5-13)30(26,27)29-14-2-1-9-23-11-14/h1-11H,(H,24,25). The Labute approximate surface area is 168 Å². The van der Waals surface area contributed by atoms with Crippen molar-refractivity contribution in [2.24, 2.45) is 0 Å². The van der Waals surface area contributed by atoms with Gasteiger partial charge in [0.05, 0.1) is 17.3 Å². The van der Waals surface area contributed by atoms with E-state index in [0.717, 1.165) is 36.4 Å². The van der Waals surface area contributed by atoms with Gasteiger partial charge < -0.3 is 14.0 Å². The van der Waals surface area contributed by atoms with Crippen LogP contribution in [0.5, 0.6) is 17.2 Å². The van der Waals surface area contributed by atoms with Crippen LogP contribution in [0.15, 0.2) is 71.9 Å². The molecule has 0 radical (unpaired) electrons. The molecule has 0 aliphatic rings. The predicted molar refractivity (Wildman–Crippen MR) is 97.0 cm³/mol. The van der Waals surface area contributed by atoms with Crippen LogP contribution in [0.4, 0.5) is 13.2 Å². The lowest BCUT2D eigenvalue weighted by Gasteiger charge is -2.14. The third-order valence-electron chi connectivity index (χ3n) is 3.71. The molecule has 156 valence electrons. The summed E-state index contributed by atoms with van der Waals surface area (Å²) in [5.41, 5.74) is -1.83. The zero-order valence-electron chi connectivity index (χ0n) is 14.8. The monoisotopic (exact) mass is 439 g/mol. The average Bonchev–Trinajstić information content (AvgIpc) is 2.68. The van der Waals surface area contributed by atoms with E-state index in [1.165, 1.54) is 24.5 Å². The number of carbonyl (C=O) groups is 1. The fraction of sp³-hybridized carbons (Fsp3) is 0.0526. The Hall–Kier alpha value is -3.60.